The van der Waals surface area contributed by atoms with Gasteiger partial charge in [-0.25, -0.2) is 9.98 Å². The second-order valence-electron chi connectivity index (χ2n) is 5.08. The molecule has 0 atom stereocenters. The average molecular weight is 283 g/mol. The van der Waals surface area contributed by atoms with Crippen LogP contribution in [0.1, 0.15) is 11.3 Å². The quantitative estimate of drug-likeness (QED) is 0.668. The monoisotopic (exact) mass is 283 g/mol. The third-order valence-corrected chi connectivity index (χ3v) is 2.95. The Morgan fingerprint density at radius 3 is 2.71 bits per heavy atom. The minimum Gasteiger partial charge on any atom is -0.370 e. The first kappa shape index (κ1) is 14.8. The van der Waals surface area contributed by atoms with Gasteiger partial charge >= 0.3 is 0 Å². The van der Waals surface area contributed by atoms with Gasteiger partial charge in [-0.15, -0.1) is 0 Å². The van der Waals surface area contributed by atoms with Crippen LogP contribution in [-0.2, 0) is 6.54 Å². The van der Waals surface area contributed by atoms with E-state index in [0.717, 1.165) is 17.2 Å². The van der Waals surface area contributed by atoms with Crippen LogP contribution in [0, 0.1) is 6.92 Å². The van der Waals surface area contributed by atoms with Gasteiger partial charge in [0.15, 0.2) is 5.96 Å². The van der Waals surface area contributed by atoms with Gasteiger partial charge in [0, 0.05) is 19.8 Å². The number of nitrogens with one attached hydrogen (secondary N) is 1. The van der Waals surface area contributed by atoms with E-state index in [2.05, 4.69) is 15.3 Å². The van der Waals surface area contributed by atoms with Crippen molar-refractivity contribution in [3.63, 3.8) is 0 Å². The third kappa shape index (κ3) is 4.49. The molecule has 0 fully saturated rings. The summed E-state index contributed by atoms with van der Waals surface area (Å²) >= 11 is 0. The Hall–Kier alpha value is -2.56. The Balaban J connectivity index is 2.01. The molecular formula is C16H21N5. The number of aromatic nitrogens is 1. The van der Waals surface area contributed by atoms with Crippen molar-refractivity contribution in [1.29, 1.82) is 0 Å². The predicted octanol–water partition coefficient (Wildman–Crippen LogP) is 2.38. The molecule has 2 aromatic rings. The number of guanidine groups is 1. The lowest BCUT2D eigenvalue weighted by molar-refractivity contribution is 0.958. The number of aryl methyl sites for hydroxylation is 1. The largest absolute Gasteiger partial charge is 0.370 e. The molecule has 110 valence electrons. The Morgan fingerprint density at radius 1 is 1.24 bits per heavy atom. The highest BCUT2D eigenvalue weighted by Gasteiger charge is 2.00. The van der Waals surface area contributed by atoms with Crippen LogP contribution in [0.5, 0.6) is 0 Å². The molecular weight excluding hydrogens is 262 g/mol. The van der Waals surface area contributed by atoms with Crippen LogP contribution in [0.3, 0.4) is 0 Å². The number of pyridine rings is 1. The summed E-state index contributed by atoms with van der Waals surface area (Å²) in [6.45, 7) is 2.49. The van der Waals surface area contributed by atoms with Crippen LogP contribution < -0.4 is 16.0 Å². The zero-order valence-corrected chi connectivity index (χ0v) is 12.7. The summed E-state index contributed by atoms with van der Waals surface area (Å²) < 4.78 is 0. The molecule has 0 amide bonds. The number of nitrogens with zero attached hydrogens (tertiary/aromatic N) is 3. The van der Waals surface area contributed by atoms with Crippen LogP contribution >= 0.6 is 0 Å². The summed E-state index contributed by atoms with van der Waals surface area (Å²) in [5.74, 6) is 1.30. The number of nitrogens with two attached hydrogens (primary N) is 1. The van der Waals surface area contributed by atoms with E-state index in [1.807, 2.05) is 68.4 Å². The fourth-order valence-electron chi connectivity index (χ4n) is 1.88. The first-order chi connectivity index (χ1) is 10.0. The van der Waals surface area contributed by atoms with Gasteiger partial charge in [-0.1, -0.05) is 18.2 Å². The molecule has 1 aromatic carbocycles. The first-order valence-corrected chi connectivity index (χ1v) is 6.81. The van der Waals surface area contributed by atoms with E-state index in [-0.39, 0.29) is 0 Å². The molecule has 5 heteroatoms. The zero-order chi connectivity index (χ0) is 15.2. The van der Waals surface area contributed by atoms with Crippen molar-refractivity contribution in [2.24, 2.45) is 10.7 Å². The molecule has 5 nitrogen and oxygen atoms in total. The Morgan fingerprint density at radius 2 is 2.00 bits per heavy atom. The second kappa shape index (κ2) is 6.74. The van der Waals surface area contributed by atoms with Crippen LogP contribution in [-0.4, -0.2) is 25.0 Å². The summed E-state index contributed by atoms with van der Waals surface area (Å²) in [4.78, 5) is 10.8. The highest BCUT2D eigenvalue weighted by Crippen LogP contribution is 2.10. The molecule has 0 aliphatic rings. The topological polar surface area (TPSA) is 66.5 Å². The molecule has 0 aliphatic carbocycles. The molecule has 0 spiro atoms. The fraction of sp³-hybridized carbons (Fsp3) is 0.250. The van der Waals surface area contributed by atoms with E-state index >= 15 is 0 Å². The van der Waals surface area contributed by atoms with E-state index in [1.165, 1.54) is 5.56 Å². The minimum absolute atomic E-state index is 0.387. The number of rotatable bonds is 4. The highest BCUT2D eigenvalue weighted by atomic mass is 15.1. The summed E-state index contributed by atoms with van der Waals surface area (Å²) in [5.41, 5.74) is 8.90. The van der Waals surface area contributed by atoms with Crippen molar-refractivity contribution < 1.29 is 0 Å². The van der Waals surface area contributed by atoms with Crippen LogP contribution in [0.25, 0.3) is 0 Å². The lowest BCUT2D eigenvalue weighted by Crippen LogP contribution is -2.22. The van der Waals surface area contributed by atoms with Gasteiger partial charge in [-0.3, -0.25) is 0 Å². The number of anilines is 2. The number of benzene rings is 1. The Labute approximate surface area is 125 Å². The van der Waals surface area contributed by atoms with Gasteiger partial charge in [0.1, 0.15) is 5.82 Å². The molecule has 1 heterocycles. The Kier molecular flexibility index (Phi) is 4.77. The number of hydrogen-bond donors (Lipinski definition) is 2. The van der Waals surface area contributed by atoms with Gasteiger partial charge in [0.2, 0.25) is 0 Å². The van der Waals surface area contributed by atoms with E-state index in [4.69, 9.17) is 5.73 Å². The van der Waals surface area contributed by atoms with Gasteiger partial charge in [0.05, 0.1) is 12.2 Å². The summed E-state index contributed by atoms with van der Waals surface area (Å²) in [6, 6.07) is 13.9. The second-order valence-corrected chi connectivity index (χ2v) is 5.08. The van der Waals surface area contributed by atoms with Crippen LogP contribution in [0.2, 0.25) is 0 Å². The fourth-order valence-corrected chi connectivity index (χ4v) is 1.88. The maximum Gasteiger partial charge on any atom is 0.193 e. The van der Waals surface area contributed by atoms with E-state index < -0.39 is 0 Å². The molecule has 0 saturated heterocycles. The van der Waals surface area contributed by atoms with Gasteiger partial charge in [-0.2, -0.15) is 0 Å². The zero-order valence-electron chi connectivity index (χ0n) is 12.7. The number of hydrogen-bond acceptors (Lipinski definition) is 3. The first-order valence-electron chi connectivity index (χ1n) is 6.81. The molecule has 3 N–H and O–H groups in total. The van der Waals surface area contributed by atoms with Crippen molar-refractivity contribution in [2.45, 2.75) is 13.5 Å². The van der Waals surface area contributed by atoms with Crippen molar-refractivity contribution in [1.82, 2.24) is 4.98 Å². The Bertz CT molecular complexity index is 634. The maximum absolute atomic E-state index is 5.90. The van der Waals surface area contributed by atoms with Crippen molar-refractivity contribution >= 4 is 17.5 Å². The molecule has 21 heavy (non-hydrogen) atoms. The van der Waals surface area contributed by atoms with E-state index in [9.17, 15) is 0 Å². The molecule has 0 saturated carbocycles. The molecule has 0 aliphatic heterocycles. The van der Waals surface area contributed by atoms with Gasteiger partial charge < -0.3 is 16.0 Å². The smallest absolute Gasteiger partial charge is 0.193 e. The van der Waals surface area contributed by atoms with Crippen LogP contribution in [0.15, 0.2) is 47.5 Å². The SMILES string of the molecule is Cc1cccc(NC(N)=NCc2cccc(N(C)C)n2)c1. The predicted molar refractivity (Wildman–Crippen MR) is 88.7 cm³/mol. The van der Waals surface area contributed by atoms with Crippen LogP contribution in [0.4, 0.5) is 11.5 Å². The van der Waals surface area contributed by atoms with Gasteiger partial charge in [-0.05, 0) is 36.8 Å². The molecule has 0 radical (unpaired) electrons. The third-order valence-electron chi connectivity index (χ3n) is 2.95. The van der Waals surface area contributed by atoms with E-state index in [0.29, 0.717) is 12.5 Å². The lowest BCUT2D eigenvalue weighted by Gasteiger charge is -2.11. The molecule has 0 unspecified atom stereocenters. The number of aliphatic imine (C=N–C) groups is 1. The highest BCUT2D eigenvalue weighted by molar-refractivity contribution is 5.92. The minimum atomic E-state index is 0.387. The van der Waals surface area contributed by atoms with E-state index in [1.54, 1.807) is 0 Å². The lowest BCUT2D eigenvalue weighted by atomic mass is 10.2. The van der Waals surface area contributed by atoms with Crippen molar-refractivity contribution in [3.05, 3.63) is 53.7 Å². The maximum atomic E-state index is 5.90. The standard InChI is InChI=1S/C16H21N5/c1-12-6-4-7-13(10-12)20-16(17)18-11-14-8-5-9-15(19-14)21(2)3/h4-10H,11H2,1-3H3,(H3,17,18,20). The summed E-state index contributed by atoms with van der Waals surface area (Å²) in [5, 5.41) is 3.08. The summed E-state index contributed by atoms with van der Waals surface area (Å²) in [6.07, 6.45) is 0. The normalized spacial score (nSPS) is 11.3. The van der Waals surface area contributed by atoms with Gasteiger partial charge in [0.25, 0.3) is 0 Å². The average Bonchev–Trinajstić information content (AvgIpc) is 2.45. The van der Waals surface area contributed by atoms with Crippen molar-refractivity contribution in [3.8, 4) is 0 Å². The molecule has 1 aromatic heterocycles. The van der Waals surface area contributed by atoms with Crippen molar-refractivity contribution in [2.75, 3.05) is 24.3 Å². The molecule has 0 bridgehead atoms. The molecule has 2 rings (SSSR count). The summed E-state index contributed by atoms with van der Waals surface area (Å²) in [7, 11) is 3.92.